The van der Waals surface area contributed by atoms with Crippen LogP contribution < -0.4 is 10.6 Å². The molecule has 1 heterocycles. The Labute approximate surface area is 118 Å². The Kier molecular flexibility index (Phi) is 5.10. The Morgan fingerprint density at radius 2 is 2.16 bits per heavy atom. The first kappa shape index (κ1) is 14.2. The second kappa shape index (κ2) is 6.82. The zero-order valence-electron chi connectivity index (χ0n) is 11.1. The smallest absolute Gasteiger partial charge is 0.251 e. The molecule has 1 aromatic rings. The molecule has 1 saturated heterocycles. The number of hydrogen-bond acceptors (Lipinski definition) is 4. The molecule has 0 aliphatic carbocycles. The van der Waals surface area contributed by atoms with Gasteiger partial charge in [-0.15, -0.1) is 0 Å². The number of aliphatic hydroxyl groups is 1. The molecule has 19 heavy (non-hydrogen) atoms. The molecule has 0 spiro atoms. The number of aliphatic hydroxyl groups excluding tert-OH is 1. The maximum Gasteiger partial charge on any atom is 0.251 e. The van der Waals surface area contributed by atoms with Gasteiger partial charge in [0.2, 0.25) is 0 Å². The molecule has 2 rings (SSSR count). The number of rotatable bonds is 5. The lowest BCUT2D eigenvalue weighted by Gasteiger charge is -2.13. The summed E-state index contributed by atoms with van der Waals surface area (Å²) in [7, 11) is 0. The number of thioether (sulfide) groups is 1. The summed E-state index contributed by atoms with van der Waals surface area (Å²) in [5.41, 5.74) is 1.67. The van der Waals surface area contributed by atoms with E-state index in [1.54, 1.807) is 12.1 Å². The van der Waals surface area contributed by atoms with Gasteiger partial charge < -0.3 is 15.7 Å². The third kappa shape index (κ3) is 4.14. The van der Waals surface area contributed by atoms with Crippen LogP contribution in [0.3, 0.4) is 0 Å². The lowest BCUT2D eigenvalue weighted by molar-refractivity contribution is 0.0945. The minimum atomic E-state index is -0.148. The number of benzene rings is 1. The largest absolute Gasteiger partial charge is 0.395 e. The van der Waals surface area contributed by atoms with Crippen molar-refractivity contribution in [2.75, 3.05) is 24.2 Å². The van der Waals surface area contributed by atoms with Crippen LogP contribution in [0.5, 0.6) is 0 Å². The van der Waals surface area contributed by atoms with Crippen LogP contribution in [0.25, 0.3) is 0 Å². The fraction of sp³-hybridized carbons (Fsp3) is 0.500. The highest BCUT2D eigenvalue weighted by Crippen LogP contribution is 2.28. The van der Waals surface area contributed by atoms with Crippen LogP contribution in [0.4, 0.5) is 5.69 Å². The normalized spacial score (nSPS) is 22.2. The van der Waals surface area contributed by atoms with E-state index in [0.29, 0.717) is 11.6 Å². The Hall–Kier alpha value is -1.20. The van der Waals surface area contributed by atoms with E-state index < -0.39 is 0 Å². The van der Waals surface area contributed by atoms with Crippen LogP contribution in [0, 0.1) is 0 Å². The molecule has 1 aromatic carbocycles. The van der Waals surface area contributed by atoms with Gasteiger partial charge in [0.05, 0.1) is 6.61 Å². The molecule has 1 fully saturated rings. The SMILES string of the molecule is CC1CC(Nc2ccc(C(=O)NCCO)cc2)CS1. The Morgan fingerprint density at radius 3 is 2.74 bits per heavy atom. The van der Waals surface area contributed by atoms with Crippen LogP contribution in [0.15, 0.2) is 24.3 Å². The first-order chi connectivity index (χ1) is 9.19. The molecule has 3 N–H and O–H groups in total. The molecule has 1 amide bonds. The zero-order valence-corrected chi connectivity index (χ0v) is 11.9. The average molecular weight is 280 g/mol. The van der Waals surface area contributed by atoms with Gasteiger partial charge in [0.1, 0.15) is 0 Å². The molecule has 0 saturated carbocycles. The summed E-state index contributed by atoms with van der Waals surface area (Å²) in [4.78, 5) is 11.7. The minimum Gasteiger partial charge on any atom is -0.395 e. The highest BCUT2D eigenvalue weighted by molar-refractivity contribution is 8.00. The quantitative estimate of drug-likeness (QED) is 0.768. The van der Waals surface area contributed by atoms with Crippen molar-refractivity contribution < 1.29 is 9.90 Å². The van der Waals surface area contributed by atoms with Crippen molar-refractivity contribution in [3.8, 4) is 0 Å². The Balaban J connectivity index is 1.89. The minimum absolute atomic E-state index is 0.0388. The average Bonchev–Trinajstić information content (AvgIpc) is 2.82. The molecule has 2 unspecified atom stereocenters. The molecule has 1 aliphatic rings. The van der Waals surface area contributed by atoms with E-state index in [4.69, 9.17) is 5.11 Å². The summed E-state index contributed by atoms with van der Waals surface area (Å²) in [5, 5.41) is 15.5. The van der Waals surface area contributed by atoms with Crippen LogP contribution in [-0.4, -0.2) is 41.2 Å². The molecular formula is C14H20N2O2S. The lowest BCUT2D eigenvalue weighted by Crippen LogP contribution is -2.26. The number of hydrogen-bond donors (Lipinski definition) is 3. The van der Waals surface area contributed by atoms with Gasteiger partial charge in [-0.25, -0.2) is 0 Å². The standard InChI is InChI=1S/C14H20N2O2S/c1-10-8-13(9-19-10)16-12-4-2-11(3-5-12)14(18)15-6-7-17/h2-5,10,13,16-17H,6-9H2,1H3,(H,15,18). The molecule has 5 heteroatoms. The Bertz CT molecular complexity index is 422. The molecular weight excluding hydrogens is 260 g/mol. The van der Waals surface area contributed by atoms with Gasteiger partial charge in [-0.1, -0.05) is 6.92 Å². The molecule has 0 aromatic heterocycles. The van der Waals surface area contributed by atoms with Crippen molar-refractivity contribution in [3.05, 3.63) is 29.8 Å². The van der Waals surface area contributed by atoms with Crippen molar-refractivity contribution in [3.63, 3.8) is 0 Å². The third-order valence-corrected chi connectivity index (χ3v) is 4.47. The number of nitrogens with one attached hydrogen (secondary N) is 2. The van der Waals surface area contributed by atoms with Crippen LogP contribution in [-0.2, 0) is 0 Å². The van der Waals surface area contributed by atoms with Crippen molar-refractivity contribution >= 4 is 23.4 Å². The topological polar surface area (TPSA) is 61.4 Å². The van der Waals surface area contributed by atoms with Gasteiger partial charge in [0.25, 0.3) is 5.91 Å². The third-order valence-electron chi connectivity index (χ3n) is 3.11. The molecule has 104 valence electrons. The van der Waals surface area contributed by atoms with E-state index in [0.717, 1.165) is 16.7 Å². The highest BCUT2D eigenvalue weighted by atomic mass is 32.2. The van der Waals surface area contributed by atoms with E-state index in [1.165, 1.54) is 6.42 Å². The van der Waals surface area contributed by atoms with Crippen LogP contribution in [0.2, 0.25) is 0 Å². The lowest BCUT2D eigenvalue weighted by atomic mass is 10.1. The van der Waals surface area contributed by atoms with E-state index in [-0.39, 0.29) is 19.1 Å². The summed E-state index contributed by atoms with van der Waals surface area (Å²) in [6.45, 7) is 2.50. The summed E-state index contributed by atoms with van der Waals surface area (Å²) < 4.78 is 0. The fourth-order valence-electron chi connectivity index (χ4n) is 2.14. The number of amides is 1. The fourth-order valence-corrected chi connectivity index (χ4v) is 3.29. The van der Waals surface area contributed by atoms with Crippen LogP contribution in [0.1, 0.15) is 23.7 Å². The molecule has 1 aliphatic heterocycles. The zero-order chi connectivity index (χ0) is 13.7. The maximum atomic E-state index is 11.7. The summed E-state index contributed by atoms with van der Waals surface area (Å²) >= 11 is 1.99. The van der Waals surface area contributed by atoms with Crippen LogP contribution >= 0.6 is 11.8 Å². The van der Waals surface area contributed by atoms with Gasteiger partial charge in [-0.3, -0.25) is 4.79 Å². The second-order valence-electron chi connectivity index (χ2n) is 4.78. The summed E-state index contributed by atoms with van der Waals surface area (Å²) in [6, 6.07) is 8.00. The van der Waals surface area contributed by atoms with Gasteiger partial charge in [0, 0.05) is 34.8 Å². The predicted molar refractivity (Wildman–Crippen MR) is 79.8 cm³/mol. The molecule has 0 bridgehead atoms. The van der Waals surface area contributed by atoms with Crippen molar-refractivity contribution in [1.29, 1.82) is 0 Å². The van der Waals surface area contributed by atoms with Gasteiger partial charge >= 0.3 is 0 Å². The maximum absolute atomic E-state index is 11.7. The van der Waals surface area contributed by atoms with Crippen molar-refractivity contribution in [2.45, 2.75) is 24.6 Å². The van der Waals surface area contributed by atoms with Gasteiger partial charge in [-0.05, 0) is 30.7 Å². The number of carbonyl (C=O) groups excluding carboxylic acids is 1. The van der Waals surface area contributed by atoms with Crippen molar-refractivity contribution in [2.24, 2.45) is 0 Å². The van der Waals surface area contributed by atoms with E-state index >= 15 is 0 Å². The first-order valence-corrected chi connectivity index (χ1v) is 7.61. The second-order valence-corrected chi connectivity index (χ2v) is 6.25. The highest BCUT2D eigenvalue weighted by Gasteiger charge is 2.21. The Morgan fingerprint density at radius 1 is 1.42 bits per heavy atom. The monoisotopic (exact) mass is 280 g/mol. The summed E-state index contributed by atoms with van der Waals surface area (Å²) in [5.74, 6) is 0.991. The van der Waals surface area contributed by atoms with E-state index in [1.807, 2.05) is 23.9 Å². The molecule has 4 nitrogen and oxygen atoms in total. The van der Waals surface area contributed by atoms with E-state index in [9.17, 15) is 4.79 Å². The first-order valence-electron chi connectivity index (χ1n) is 6.56. The van der Waals surface area contributed by atoms with E-state index in [2.05, 4.69) is 17.6 Å². The van der Waals surface area contributed by atoms with Gasteiger partial charge in [0.15, 0.2) is 0 Å². The number of anilines is 1. The van der Waals surface area contributed by atoms with Gasteiger partial charge in [-0.2, -0.15) is 11.8 Å². The molecule has 2 atom stereocenters. The molecule has 0 radical (unpaired) electrons. The van der Waals surface area contributed by atoms with Crippen molar-refractivity contribution in [1.82, 2.24) is 5.32 Å². The predicted octanol–water partition coefficient (Wildman–Crippen LogP) is 1.71. The summed E-state index contributed by atoms with van der Waals surface area (Å²) in [6.07, 6.45) is 1.18. The number of carbonyl (C=O) groups is 1.